The summed E-state index contributed by atoms with van der Waals surface area (Å²) in [6, 6.07) is 11.6. The van der Waals surface area contributed by atoms with Crippen molar-refractivity contribution in [3.05, 3.63) is 42.1 Å². The van der Waals surface area contributed by atoms with Gasteiger partial charge in [-0.1, -0.05) is 35.5 Å². The van der Waals surface area contributed by atoms with Gasteiger partial charge in [-0.25, -0.2) is 0 Å². The fraction of sp³-hybridized carbons (Fsp3) is 0.267. The van der Waals surface area contributed by atoms with Crippen LogP contribution in [0, 0.1) is 0 Å². The van der Waals surface area contributed by atoms with Gasteiger partial charge in [-0.15, -0.1) is 0 Å². The summed E-state index contributed by atoms with van der Waals surface area (Å²) in [6.07, 6.45) is 3.32. The fourth-order valence-corrected chi connectivity index (χ4v) is 1.93. The van der Waals surface area contributed by atoms with Crippen LogP contribution in [0.3, 0.4) is 0 Å². The molecular weight excluding hydrogens is 272 g/mol. The second-order valence-corrected chi connectivity index (χ2v) is 4.65. The summed E-state index contributed by atoms with van der Waals surface area (Å²) in [6.45, 7) is -0.250. The topological polar surface area (TPSA) is 92.4 Å². The molecule has 6 heteroatoms. The van der Waals surface area contributed by atoms with Gasteiger partial charge in [0.05, 0.1) is 0 Å². The van der Waals surface area contributed by atoms with Crippen LogP contribution in [0.4, 0.5) is 0 Å². The van der Waals surface area contributed by atoms with Crippen LogP contribution in [0.2, 0.25) is 0 Å². The number of aromatic nitrogens is 1. The number of nitrogens with one attached hydrogen (secondary N) is 1. The number of carbonyl (C=O) groups is 2. The van der Waals surface area contributed by atoms with Gasteiger partial charge in [0.15, 0.2) is 11.5 Å². The third-order valence-corrected chi connectivity index (χ3v) is 3.24. The molecule has 0 bridgehead atoms. The molecule has 2 N–H and O–H groups in total. The van der Waals surface area contributed by atoms with Crippen molar-refractivity contribution in [2.75, 3.05) is 0 Å². The maximum absolute atomic E-state index is 11.9. The van der Waals surface area contributed by atoms with Crippen molar-refractivity contribution < 1.29 is 19.2 Å². The summed E-state index contributed by atoms with van der Waals surface area (Å²) in [4.78, 5) is 20.2. The van der Waals surface area contributed by atoms with Crippen molar-refractivity contribution in [2.24, 2.45) is 0 Å². The van der Waals surface area contributed by atoms with Crippen molar-refractivity contribution in [1.82, 2.24) is 10.5 Å². The molecule has 0 saturated heterocycles. The van der Waals surface area contributed by atoms with Crippen LogP contribution >= 0.6 is 0 Å². The van der Waals surface area contributed by atoms with Gasteiger partial charge in [0.1, 0.15) is 0 Å². The fourth-order valence-electron chi connectivity index (χ4n) is 1.93. The summed E-state index contributed by atoms with van der Waals surface area (Å²) in [7, 11) is 0. The quantitative estimate of drug-likeness (QED) is 0.845. The smallest absolute Gasteiger partial charge is 0.290 e. The van der Waals surface area contributed by atoms with Crippen LogP contribution in [0.15, 0.2) is 40.9 Å². The van der Waals surface area contributed by atoms with E-state index >= 15 is 0 Å². The lowest BCUT2D eigenvalue weighted by Gasteiger charge is -2.25. The molecule has 1 aliphatic carbocycles. The molecule has 1 saturated carbocycles. The Kier molecular flexibility index (Phi) is 5.09. The first-order chi connectivity index (χ1) is 10.2. The van der Waals surface area contributed by atoms with Gasteiger partial charge in [-0.3, -0.25) is 9.59 Å². The molecule has 1 heterocycles. The minimum absolute atomic E-state index is 0.148. The van der Waals surface area contributed by atoms with E-state index in [4.69, 9.17) is 14.4 Å². The van der Waals surface area contributed by atoms with Gasteiger partial charge < -0.3 is 14.9 Å². The Morgan fingerprint density at radius 3 is 2.57 bits per heavy atom. The van der Waals surface area contributed by atoms with E-state index in [1.807, 2.05) is 30.3 Å². The number of hydrogen-bond acceptors (Lipinski definition) is 4. The van der Waals surface area contributed by atoms with E-state index in [0.29, 0.717) is 17.5 Å². The van der Waals surface area contributed by atoms with Crippen LogP contribution in [0.1, 0.15) is 29.8 Å². The van der Waals surface area contributed by atoms with E-state index in [1.54, 1.807) is 6.07 Å². The molecule has 0 radical (unpaired) electrons. The molecule has 0 unspecified atom stereocenters. The lowest BCUT2D eigenvalue weighted by atomic mass is 9.93. The molecule has 1 amide bonds. The van der Waals surface area contributed by atoms with Gasteiger partial charge in [0.25, 0.3) is 12.4 Å². The Hall–Kier alpha value is -2.63. The molecule has 1 aromatic carbocycles. The van der Waals surface area contributed by atoms with E-state index in [0.717, 1.165) is 18.4 Å². The second kappa shape index (κ2) is 7.23. The predicted octanol–water partition coefficient (Wildman–Crippen LogP) is 2.32. The molecule has 2 aromatic rings. The summed E-state index contributed by atoms with van der Waals surface area (Å²) >= 11 is 0. The Labute approximate surface area is 121 Å². The SMILES string of the molecule is O=C(NC1CCC1)c1cc(-c2ccccc2)on1.O=CO. The number of carboxylic acid groups (broad SMARTS) is 1. The highest BCUT2D eigenvalue weighted by molar-refractivity contribution is 5.93. The van der Waals surface area contributed by atoms with Gasteiger partial charge in [-0.2, -0.15) is 0 Å². The molecule has 1 aromatic heterocycles. The van der Waals surface area contributed by atoms with Gasteiger partial charge in [0, 0.05) is 17.7 Å². The molecule has 1 fully saturated rings. The number of rotatable bonds is 3. The van der Waals surface area contributed by atoms with Crippen molar-refractivity contribution in [1.29, 1.82) is 0 Å². The first-order valence-electron chi connectivity index (χ1n) is 6.65. The lowest BCUT2D eigenvalue weighted by molar-refractivity contribution is -0.122. The van der Waals surface area contributed by atoms with Crippen LogP contribution in [0.5, 0.6) is 0 Å². The number of nitrogens with zero attached hydrogens (tertiary/aromatic N) is 1. The number of carbonyl (C=O) groups excluding carboxylic acids is 1. The minimum Gasteiger partial charge on any atom is -0.483 e. The monoisotopic (exact) mass is 288 g/mol. The summed E-state index contributed by atoms with van der Waals surface area (Å²) in [5, 5.41) is 13.6. The highest BCUT2D eigenvalue weighted by Crippen LogP contribution is 2.21. The van der Waals surface area contributed by atoms with Crippen LogP contribution < -0.4 is 5.32 Å². The third kappa shape index (κ3) is 3.92. The van der Waals surface area contributed by atoms with Crippen LogP contribution in [-0.4, -0.2) is 28.7 Å². The second-order valence-electron chi connectivity index (χ2n) is 4.65. The highest BCUT2D eigenvalue weighted by Gasteiger charge is 2.22. The first kappa shape index (κ1) is 14.8. The molecule has 3 rings (SSSR count). The van der Waals surface area contributed by atoms with E-state index in [-0.39, 0.29) is 12.4 Å². The molecule has 0 aliphatic heterocycles. The zero-order chi connectivity index (χ0) is 15.1. The number of benzene rings is 1. The molecule has 6 nitrogen and oxygen atoms in total. The van der Waals surface area contributed by atoms with Crippen molar-refractivity contribution >= 4 is 12.4 Å². The van der Waals surface area contributed by atoms with E-state index in [9.17, 15) is 4.79 Å². The predicted molar refractivity (Wildman–Crippen MR) is 75.7 cm³/mol. The molecule has 110 valence electrons. The zero-order valence-electron chi connectivity index (χ0n) is 11.4. The first-order valence-corrected chi connectivity index (χ1v) is 6.65. The summed E-state index contributed by atoms with van der Waals surface area (Å²) < 4.78 is 5.19. The average molecular weight is 288 g/mol. The molecule has 1 aliphatic rings. The Balaban J connectivity index is 0.000000497. The summed E-state index contributed by atoms with van der Waals surface area (Å²) in [5.74, 6) is 0.472. The Bertz CT molecular complexity index is 591. The van der Waals surface area contributed by atoms with Crippen LogP contribution in [-0.2, 0) is 4.79 Å². The average Bonchev–Trinajstić information content (AvgIpc) is 2.94. The zero-order valence-corrected chi connectivity index (χ0v) is 11.4. The largest absolute Gasteiger partial charge is 0.483 e. The van der Waals surface area contributed by atoms with Gasteiger partial charge in [0.2, 0.25) is 0 Å². The normalized spacial score (nSPS) is 13.5. The van der Waals surface area contributed by atoms with Gasteiger partial charge >= 0.3 is 0 Å². The lowest BCUT2D eigenvalue weighted by Crippen LogP contribution is -2.39. The maximum Gasteiger partial charge on any atom is 0.290 e. The standard InChI is InChI=1S/C14H14N2O2.CH2O2/c17-14(15-11-7-4-8-11)12-9-13(18-16-12)10-5-2-1-3-6-10;2-1-3/h1-3,5-6,9,11H,4,7-8H2,(H,15,17);1H,(H,2,3). The molecule has 21 heavy (non-hydrogen) atoms. The third-order valence-electron chi connectivity index (χ3n) is 3.24. The minimum atomic E-state index is -0.250. The van der Waals surface area contributed by atoms with Crippen molar-refractivity contribution in [2.45, 2.75) is 25.3 Å². The van der Waals surface area contributed by atoms with Crippen molar-refractivity contribution in [3.63, 3.8) is 0 Å². The van der Waals surface area contributed by atoms with Gasteiger partial charge in [-0.05, 0) is 19.3 Å². The summed E-state index contributed by atoms with van der Waals surface area (Å²) in [5.41, 5.74) is 1.27. The van der Waals surface area contributed by atoms with Crippen LogP contribution in [0.25, 0.3) is 11.3 Å². The van der Waals surface area contributed by atoms with Crippen molar-refractivity contribution in [3.8, 4) is 11.3 Å². The Morgan fingerprint density at radius 2 is 2.00 bits per heavy atom. The molecule has 0 spiro atoms. The molecular formula is C15H16N2O4. The Morgan fingerprint density at radius 1 is 1.33 bits per heavy atom. The highest BCUT2D eigenvalue weighted by atomic mass is 16.5. The van der Waals surface area contributed by atoms with E-state index in [2.05, 4.69) is 10.5 Å². The maximum atomic E-state index is 11.9. The molecule has 0 atom stereocenters. The number of hydrogen-bond donors (Lipinski definition) is 2. The van der Waals surface area contributed by atoms with E-state index < -0.39 is 0 Å². The van der Waals surface area contributed by atoms with E-state index in [1.165, 1.54) is 6.42 Å². The number of amides is 1.